The molecule has 130 valence electrons. The normalized spacial score (nSPS) is 11.0. The van der Waals surface area contributed by atoms with Crippen LogP contribution in [0.25, 0.3) is 0 Å². The van der Waals surface area contributed by atoms with E-state index in [1.165, 1.54) is 11.1 Å². The maximum Gasteiger partial charge on any atom is 0.230 e. The van der Waals surface area contributed by atoms with E-state index in [1.54, 1.807) is 6.92 Å². The van der Waals surface area contributed by atoms with Gasteiger partial charge in [0.25, 0.3) is 0 Å². The van der Waals surface area contributed by atoms with Gasteiger partial charge >= 0.3 is 0 Å². The van der Waals surface area contributed by atoms with Crippen molar-refractivity contribution in [3.05, 3.63) is 41.1 Å². The monoisotopic (exact) mass is 330 g/mol. The second-order valence-corrected chi connectivity index (χ2v) is 5.91. The van der Waals surface area contributed by atoms with Crippen molar-refractivity contribution >= 4 is 11.6 Å². The van der Waals surface area contributed by atoms with Crippen LogP contribution in [-0.2, 0) is 24.2 Å². The lowest BCUT2D eigenvalue weighted by molar-refractivity contribution is -0.116. The molecular formula is C18H26N4O2. The number of hydrogen-bond acceptors (Lipinski definition) is 5. The zero-order valence-electron chi connectivity index (χ0n) is 14.9. The molecule has 1 aromatic heterocycles. The zero-order valence-corrected chi connectivity index (χ0v) is 14.9. The first-order valence-electron chi connectivity index (χ1n) is 8.41. The van der Waals surface area contributed by atoms with Crippen molar-refractivity contribution in [2.24, 2.45) is 0 Å². The Bertz CT molecular complexity index is 659. The molecular weight excluding hydrogens is 304 g/mol. The minimum Gasteiger partial charge on any atom is -0.424 e. The number of nitrogens with zero attached hydrogens (tertiary/aromatic N) is 3. The molecule has 24 heavy (non-hydrogen) atoms. The number of rotatable bonds is 8. The van der Waals surface area contributed by atoms with E-state index in [1.807, 2.05) is 18.0 Å². The van der Waals surface area contributed by atoms with Crippen LogP contribution in [0.5, 0.6) is 0 Å². The summed E-state index contributed by atoms with van der Waals surface area (Å²) in [4.78, 5) is 14.3. The fraction of sp³-hybridized carbons (Fsp3) is 0.500. The first kappa shape index (κ1) is 18.1. The number of aryl methyl sites for hydroxylation is 3. The van der Waals surface area contributed by atoms with E-state index < -0.39 is 0 Å². The average molecular weight is 330 g/mol. The highest BCUT2D eigenvalue weighted by Crippen LogP contribution is 2.22. The molecule has 0 saturated carbocycles. The minimum absolute atomic E-state index is 0.0270. The van der Waals surface area contributed by atoms with E-state index in [0.717, 1.165) is 18.5 Å². The lowest BCUT2D eigenvalue weighted by Gasteiger charge is -2.16. The average Bonchev–Trinajstić information content (AvgIpc) is 2.98. The molecule has 6 heteroatoms. The van der Waals surface area contributed by atoms with Crippen molar-refractivity contribution in [3.63, 3.8) is 0 Å². The van der Waals surface area contributed by atoms with Gasteiger partial charge in [-0.05, 0) is 31.0 Å². The molecule has 0 fully saturated rings. The van der Waals surface area contributed by atoms with Gasteiger partial charge in [0, 0.05) is 25.6 Å². The summed E-state index contributed by atoms with van der Waals surface area (Å²) in [6, 6.07) is 6.19. The SMILES string of the molecule is CCc1cccc(CC)c1NC(=O)CCN(C)Cc1nnc(C)o1. The second-order valence-electron chi connectivity index (χ2n) is 5.91. The fourth-order valence-electron chi connectivity index (χ4n) is 2.61. The van der Waals surface area contributed by atoms with E-state index in [0.29, 0.717) is 31.3 Å². The smallest absolute Gasteiger partial charge is 0.230 e. The van der Waals surface area contributed by atoms with Crippen LogP contribution in [0.3, 0.4) is 0 Å². The van der Waals surface area contributed by atoms with Crippen molar-refractivity contribution < 1.29 is 9.21 Å². The van der Waals surface area contributed by atoms with Crippen molar-refractivity contribution in [1.29, 1.82) is 0 Å². The van der Waals surface area contributed by atoms with E-state index in [2.05, 4.69) is 41.5 Å². The summed E-state index contributed by atoms with van der Waals surface area (Å²) in [5.41, 5.74) is 3.33. The van der Waals surface area contributed by atoms with Gasteiger partial charge in [-0.2, -0.15) is 0 Å². The number of para-hydroxylation sites is 1. The second kappa shape index (κ2) is 8.59. The van der Waals surface area contributed by atoms with Crippen LogP contribution in [0, 0.1) is 6.92 Å². The van der Waals surface area contributed by atoms with Crippen molar-refractivity contribution in [1.82, 2.24) is 15.1 Å². The number of nitrogens with one attached hydrogen (secondary N) is 1. The van der Waals surface area contributed by atoms with Crippen LogP contribution in [0.1, 0.15) is 43.2 Å². The van der Waals surface area contributed by atoms with Gasteiger partial charge in [-0.25, -0.2) is 0 Å². The van der Waals surface area contributed by atoms with Crippen LogP contribution in [0.4, 0.5) is 5.69 Å². The minimum atomic E-state index is 0.0270. The maximum absolute atomic E-state index is 12.3. The van der Waals surface area contributed by atoms with E-state index in [-0.39, 0.29) is 5.91 Å². The van der Waals surface area contributed by atoms with Gasteiger partial charge in [0.15, 0.2) is 0 Å². The molecule has 0 radical (unpaired) electrons. The van der Waals surface area contributed by atoms with Crippen LogP contribution in [-0.4, -0.2) is 34.6 Å². The van der Waals surface area contributed by atoms with Gasteiger partial charge in [-0.15, -0.1) is 10.2 Å². The Labute approximate surface area is 143 Å². The lowest BCUT2D eigenvalue weighted by atomic mass is 10.0. The van der Waals surface area contributed by atoms with Gasteiger partial charge in [-0.3, -0.25) is 9.69 Å². The molecule has 0 bridgehead atoms. The molecule has 2 rings (SSSR count). The molecule has 6 nitrogen and oxygen atoms in total. The summed E-state index contributed by atoms with van der Waals surface area (Å²) < 4.78 is 5.35. The quantitative estimate of drug-likeness (QED) is 0.806. The highest BCUT2D eigenvalue weighted by Gasteiger charge is 2.12. The predicted molar refractivity (Wildman–Crippen MR) is 93.8 cm³/mol. The van der Waals surface area contributed by atoms with E-state index >= 15 is 0 Å². The van der Waals surface area contributed by atoms with Crippen molar-refractivity contribution in [2.75, 3.05) is 18.9 Å². The van der Waals surface area contributed by atoms with Gasteiger partial charge in [0.1, 0.15) is 0 Å². The Balaban J connectivity index is 1.89. The van der Waals surface area contributed by atoms with Crippen LogP contribution in [0.2, 0.25) is 0 Å². The Morgan fingerprint density at radius 2 is 1.88 bits per heavy atom. The number of benzene rings is 1. The molecule has 0 unspecified atom stereocenters. The first-order chi connectivity index (χ1) is 11.5. The number of amides is 1. The number of carbonyl (C=O) groups is 1. The number of aromatic nitrogens is 2. The molecule has 0 spiro atoms. The topological polar surface area (TPSA) is 71.3 Å². The van der Waals surface area contributed by atoms with E-state index in [4.69, 9.17) is 4.42 Å². The number of anilines is 1. The largest absolute Gasteiger partial charge is 0.424 e. The van der Waals surface area contributed by atoms with Gasteiger partial charge < -0.3 is 9.73 Å². The highest BCUT2D eigenvalue weighted by atomic mass is 16.4. The summed E-state index contributed by atoms with van der Waals surface area (Å²) in [7, 11) is 1.93. The zero-order chi connectivity index (χ0) is 17.5. The highest BCUT2D eigenvalue weighted by molar-refractivity contribution is 5.92. The third kappa shape index (κ3) is 4.89. The number of hydrogen-bond donors (Lipinski definition) is 1. The molecule has 0 aliphatic carbocycles. The Kier molecular flexibility index (Phi) is 6.49. The van der Waals surface area contributed by atoms with Gasteiger partial charge in [-0.1, -0.05) is 32.0 Å². The maximum atomic E-state index is 12.3. The van der Waals surface area contributed by atoms with E-state index in [9.17, 15) is 4.79 Å². The molecule has 1 N–H and O–H groups in total. The lowest BCUT2D eigenvalue weighted by Crippen LogP contribution is -2.24. The molecule has 0 atom stereocenters. The summed E-state index contributed by atoms with van der Waals surface area (Å²) in [6.45, 7) is 7.14. The molecule has 2 aromatic rings. The predicted octanol–water partition coefficient (Wildman–Crippen LogP) is 2.96. The molecule has 0 aliphatic heterocycles. The van der Waals surface area contributed by atoms with Crippen LogP contribution < -0.4 is 5.32 Å². The molecule has 1 heterocycles. The standard InChI is InChI=1S/C18H26N4O2/c1-5-14-8-7-9-15(6-2)18(14)19-16(23)10-11-22(4)12-17-21-20-13(3)24-17/h7-9H,5-6,10-12H2,1-4H3,(H,19,23). The summed E-state index contributed by atoms with van der Waals surface area (Å²) in [6.07, 6.45) is 2.23. The first-order valence-corrected chi connectivity index (χ1v) is 8.41. The molecule has 0 aliphatic rings. The van der Waals surface area contributed by atoms with Crippen molar-refractivity contribution in [2.45, 2.75) is 46.6 Å². The third-order valence-electron chi connectivity index (χ3n) is 3.96. The molecule has 1 aromatic carbocycles. The molecule has 0 saturated heterocycles. The van der Waals surface area contributed by atoms with Crippen LogP contribution in [0.15, 0.2) is 22.6 Å². The molecule has 1 amide bonds. The van der Waals surface area contributed by atoms with Crippen LogP contribution >= 0.6 is 0 Å². The Morgan fingerprint density at radius 3 is 2.42 bits per heavy atom. The van der Waals surface area contributed by atoms with Gasteiger partial charge in [0.05, 0.1) is 6.54 Å². The summed E-state index contributed by atoms with van der Waals surface area (Å²) >= 11 is 0. The Hall–Kier alpha value is -2.21. The summed E-state index contributed by atoms with van der Waals surface area (Å²) in [5, 5.41) is 10.9. The number of carbonyl (C=O) groups excluding carboxylic acids is 1. The third-order valence-corrected chi connectivity index (χ3v) is 3.96. The van der Waals surface area contributed by atoms with Crippen molar-refractivity contribution in [3.8, 4) is 0 Å². The van der Waals surface area contributed by atoms with Gasteiger partial charge in [0.2, 0.25) is 17.7 Å². The summed E-state index contributed by atoms with van der Waals surface area (Å²) in [5.74, 6) is 1.15. The fourth-order valence-corrected chi connectivity index (χ4v) is 2.61. The Morgan fingerprint density at radius 1 is 1.21 bits per heavy atom.